The fraction of sp³-hybridized carbons (Fsp3) is 0.611. The Morgan fingerprint density at radius 3 is 2.72 bits per heavy atom. The molecule has 1 aromatic rings. The van der Waals surface area contributed by atoms with E-state index in [1.807, 2.05) is 18.7 Å². The molecular weight excluding hydrogens is 338 g/mol. The van der Waals surface area contributed by atoms with Crippen LogP contribution in [-0.4, -0.2) is 50.9 Å². The number of amides is 1. The number of carbonyl (C=O) groups is 1. The van der Waals surface area contributed by atoms with Gasteiger partial charge in [0, 0.05) is 37.8 Å². The largest absolute Gasteiger partial charge is 0.313 e. The van der Waals surface area contributed by atoms with Crippen LogP contribution in [0.25, 0.3) is 0 Å². The molecule has 25 heavy (non-hydrogen) atoms. The lowest BCUT2D eigenvalue weighted by Crippen LogP contribution is -2.34. The van der Waals surface area contributed by atoms with Crippen LogP contribution in [-0.2, 0) is 21.2 Å². The normalized spacial score (nSPS) is 20.3. The van der Waals surface area contributed by atoms with Crippen molar-refractivity contribution in [1.29, 1.82) is 0 Å². The summed E-state index contributed by atoms with van der Waals surface area (Å²) in [5, 5.41) is 3.36. The Morgan fingerprint density at radius 2 is 2.08 bits per heavy atom. The zero-order chi connectivity index (χ0) is 18.0. The Hall–Kier alpha value is -1.44. The summed E-state index contributed by atoms with van der Waals surface area (Å²) in [6.07, 6.45) is 3.40. The second kappa shape index (κ2) is 7.43. The van der Waals surface area contributed by atoms with E-state index >= 15 is 0 Å². The summed E-state index contributed by atoms with van der Waals surface area (Å²) >= 11 is 0. The predicted octanol–water partition coefficient (Wildman–Crippen LogP) is 1.75. The van der Waals surface area contributed by atoms with Gasteiger partial charge in [0.1, 0.15) is 0 Å². The third-order valence-electron chi connectivity index (χ3n) is 5.17. The Morgan fingerprint density at radius 1 is 1.32 bits per heavy atom. The van der Waals surface area contributed by atoms with Crippen molar-refractivity contribution in [2.45, 2.75) is 50.5 Å². The standard InChI is InChI=1S/C18H27N3O3S/c1-3-20(4-2)25(23,24)16-7-8-17-14(12-16)9-11-21(17)18(22)13-15-6-5-10-19-15/h7-8,12,15,19H,3-6,9-11,13H2,1-2H3. The van der Waals surface area contributed by atoms with Gasteiger partial charge in [-0.15, -0.1) is 0 Å². The quantitative estimate of drug-likeness (QED) is 0.834. The molecular formula is C18H27N3O3S. The summed E-state index contributed by atoms with van der Waals surface area (Å²) in [6, 6.07) is 5.44. The minimum Gasteiger partial charge on any atom is -0.313 e. The van der Waals surface area contributed by atoms with Gasteiger partial charge in [0.25, 0.3) is 0 Å². The van der Waals surface area contributed by atoms with Crippen LogP contribution in [0.4, 0.5) is 5.69 Å². The number of fused-ring (bicyclic) bond motifs is 1. The minimum atomic E-state index is -3.46. The maximum atomic E-state index is 12.7. The van der Waals surface area contributed by atoms with E-state index in [1.54, 1.807) is 18.2 Å². The number of hydrogen-bond acceptors (Lipinski definition) is 4. The summed E-state index contributed by atoms with van der Waals surface area (Å²) in [5.74, 6) is 0.123. The molecule has 1 saturated heterocycles. The molecule has 0 saturated carbocycles. The molecule has 3 rings (SSSR count). The molecule has 2 aliphatic rings. The lowest BCUT2D eigenvalue weighted by molar-refractivity contribution is -0.118. The zero-order valence-corrected chi connectivity index (χ0v) is 15.8. The molecule has 0 aliphatic carbocycles. The van der Waals surface area contributed by atoms with Gasteiger partial charge in [-0.05, 0) is 49.6 Å². The molecule has 2 aliphatic heterocycles. The Kier molecular flexibility index (Phi) is 5.46. The van der Waals surface area contributed by atoms with E-state index in [9.17, 15) is 13.2 Å². The van der Waals surface area contributed by atoms with Crippen LogP contribution in [0, 0.1) is 0 Å². The SMILES string of the molecule is CCN(CC)S(=O)(=O)c1ccc2c(c1)CCN2C(=O)CC1CCCN1. The average molecular weight is 365 g/mol. The van der Waals surface area contributed by atoms with Crippen molar-refractivity contribution in [3.63, 3.8) is 0 Å². The van der Waals surface area contributed by atoms with Crippen molar-refractivity contribution in [1.82, 2.24) is 9.62 Å². The van der Waals surface area contributed by atoms with Crippen molar-refractivity contribution in [3.8, 4) is 0 Å². The summed E-state index contributed by atoms with van der Waals surface area (Å²) in [6.45, 7) is 6.21. The topological polar surface area (TPSA) is 69.7 Å². The average Bonchev–Trinajstić information content (AvgIpc) is 3.24. The van der Waals surface area contributed by atoms with Crippen molar-refractivity contribution < 1.29 is 13.2 Å². The number of nitrogens with zero attached hydrogens (tertiary/aromatic N) is 2. The Labute approximate surface area is 150 Å². The lowest BCUT2D eigenvalue weighted by Gasteiger charge is -2.21. The zero-order valence-electron chi connectivity index (χ0n) is 15.0. The molecule has 1 N–H and O–H groups in total. The highest BCUT2D eigenvalue weighted by atomic mass is 32.2. The van der Waals surface area contributed by atoms with E-state index in [0.717, 1.165) is 30.6 Å². The second-order valence-corrected chi connectivity index (χ2v) is 8.61. The van der Waals surface area contributed by atoms with Crippen LogP contribution in [0.5, 0.6) is 0 Å². The van der Waals surface area contributed by atoms with E-state index < -0.39 is 10.0 Å². The maximum Gasteiger partial charge on any atom is 0.243 e. The van der Waals surface area contributed by atoms with Gasteiger partial charge >= 0.3 is 0 Å². The summed E-state index contributed by atoms with van der Waals surface area (Å²) in [7, 11) is -3.46. The lowest BCUT2D eigenvalue weighted by atomic mass is 10.1. The van der Waals surface area contributed by atoms with Crippen molar-refractivity contribution in [3.05, 3.63) is 23.8 Å². The molecule has 6 nitrogen and oxygen atoms in total. The first-order valence-electron chi connectivity index (χ1n) is 9.14. The number of nitrogens with one attached hydrogen (secondary N) is 1. The van der Waals surface area contributed by atoms with Gasteiger partial charge < -0.3 is 10.2 Å². The van der Waals surface area contributed by atoms with Crippen LogP contribution < -0.4 is 10.2 Å². The smallest absolute Gasteiger partial charge is 0.243 e. The van der Waals surface area contributed by atoms with E-state index in [4.69, 9.17) is 0 Å². The number of carbonyl (C=O) groups excluding carboxylic acids is 1. The monoisotopic (exact) mass is 365 g/mol. The molecule has 1 fully saturated rings. The van der Waals surface area contributed by atoms with Gasteiger partial charge in [-0.1, -0.05) is 13.8 Å². The Bertz CT molecular complexity index is 738. The third kappa shape index (κ3) is 3.59. The summed E-state index contributed by atoms with van der Waals surface area (Å²) < 4.78 is 26.8. The molecule has 0 spiro atoms. The number of rotatable bonds is 6. The number of sulfonamides is 1. The van der Waals surface area contributed by atoms with Gasteiger partial charge in [-0.25, -0.2) is 8.42 Å². The number of benzene rings is 1. The molecule has 0 aromatic heterocycles. The minimum absolute atomic E-state index is 0.123. The molecule has 2 heterocycles. The molecule has 1 atom stereocenters. The fourth-order valence-electron chi connectivity index (χ4n) is 3.76. The van der Waals surface area contributed by atoms with Crippen LogP contribution in [0.15, 0.2) is 23.1 Å². The first-order chi connectivity index (χ1) is 12.0. The molecule has 1 amide bonds. The van der Waals surface area contributed by atoms with Gasteiger partial charge in [0.15, 0.2) is 0 Å². The summed E-state index contributed by atoms with van der Waals surface area (Å²) in [5.41, 5.74) is 1.81. The highest BCUT2D eigenvalue weighted by molar-refractivity contribution is 7.89. The van der Waals surface area contributed by atoms with Crippen molar-refractivity contribution in [2.75, 3.05) is 31.1 Å². The van der Waals surface area contributed by atoms with Crippen LogP contribution in [0.3, 0.4) is 0 Å². The fourth-order valence-corrected chi connectivity index (χ4v) is 5.27. The van der Waals surface area contributed by atoms with Gasteiger partial charge in [0.2, 0.25) is 15.9 Å². The van der Waals surface area contributed by atoms with Gasteiger partial charge in [-0.3, -0.25) is 4.79 Å². The van der Waals surface area contributed by atoms with Gasteiger partial charge in [-0.2, -0.15) is 4.31 Å². The molecule has 7 heteroatoms. The third-order valence-corrected chi connectivity index (χ3v) is 7.22. The molecule has 1 aromatic carbocycles. The highest BCUT2D eigenvalue weighted by Crippen LogP contribution is 2.32. The van der Waals surface area contributed by atoms with Crippen LogP contribution in [0.2, 0.25) is 0 Å². The first-order valence-corrected chi connectivity index (χ1v) is 10.6. The summed E-state index contributed by atoms with van der Waals surface area (Å²) in [4.78, 5) is 14.7. The van der Waals surface area contributed by atoms with E-state index in [2.05, 4.69) is 5.32 Å². The molecule has 1 unspecified atom stereocenters. The highest BCUT2D eigenvalue weighted by Gasteiger charge is 2.29. The molecule has 0 bridgehead atoms. The van der Waals surface area contributed by atoms with Crippen molar-refractivity contribution >= 4 is 21.6 Å². The molecule has 0 radical (unpaired) electrons. The number of anilines is 1. The van der Waals surface area contributed by atoms with Gasteiger partial charge in [0.05, 0.1) is 4.90 Å². The maximum absolute atomic E-state index is 12.7. The van der Waals surface area contributed by atoms with Crippen molar-refractivity contribution in [2.24, 2.45) is 0 Å². The molecule has 138 valence electrons. The van der Waals surface area contributed by atoms with E-state index in [-0.39, 0.29) is 11.9 Å². The van der Waals surface area contributed by atoms with Crippen LogP contribution >= 0.6 is 0 Å². The van der Waals surface area contributed by atoms with Crippen LogP contribution in [0.1, 0.15) is 38.7 Å². The second-order valence-electron chi connectivity index (χ2n) is 6.67. The Balaban J connectivity index is 1.79. The van der Waals surface area contributed by atoms with E-state index in [1.165, 1.54) is 4.31 Å². The predicted molar refractivity (Wildman–Crippen MR) is 98.2 cm³/mol. The number of hydrogen-bond donors (Lipinski definition) is 1. The first kappa shape index (κ1) is 18.4. The van der Waals surface area contributed by atoms with E-state index in [0.29, 0.717) is 37.4 Å².